The third kappa shape index (κ3) is 4.21. The van der Waals surface area contributed by atoms with Crippen molar-refractivity contribution >= 4 is 21.6 Å². The number of ether oxygens (including phenoxy) is 1. The summed E-state index contributed by atoms with van der Waals surface area (Å²) in [6.45, 7) is 1.65. The number of hydrogen-bond donors (Lipinski definition) is 2. The van der Waals surface area contributed by atoms with Gasteiger partial charge in [0.05, 0.1) is 7.11 Å². The fourth-order valence-electron chi connectivity index (χ4n) is 2.49. The maximum Gasteiger partial charge on any atom is 0.246 e. The van der Waals surface area contributed by atoms with Crippen molar-refractivity contribution in [2.75, 3.05) is 39.1 Å². The molecule has 0 radical (unpaired) electrons. The summed E-state index contributed by atoms with van der Waals surface area (Å²) in [6.07, 6.45) is 2.09. The third-order valence-corrected chi connectivity index (χ3v) is 5.67. The molecule has 0 bridgehead atoms. The van der Waals surface area contributed by atoms with Crippen molar-refractivity contribution in [3.05, 3.63) is 18.2 Å². The number of nitrogens with one attached hydrogen (secondary N) is 2. The Balaban J connectivity index is 2.21. The molecule has 0 spiro atoms. The minimum absolute atomic E-state index is 0.134. The molecule has 8 heteroatoms. The number of rotatable bonds is 7. The molecule has 0 atom stereocenters. The Hall–Kier alpha value is -1.64. The van der Waals surface area contributed by atoms with Gasteiger partial charge in [-0.25, -0.2) is 8.42 Å². The van der Waals surface area contributed by atoms with E-state index in [1.807, 2.05) is 0 Å². The molecule has 1 aromatic carbocycles. The number of nitrogens with zero attached hydrogens (tertiary/aromatic N) is 1. The van der Waals surface area contributed by atoms with Crippen LogP contribution in [0.4, 0.5) is 5.69 Å². The minimum Gasteiger partial charge on any atom is -0.495 e. The lowest BCUT2D eigenvalue weighted by molar-refractivity contribution is -0.116. The second-order valence-corrected chi connectivity index (χ2v) is 7.28. The number of carbonyl (C=O) groups is 1. The lowest BCUT2D eigenvalue weighted by atomic mass is 10.3. The van der Waals surface area contributed by atoms with Crippen molar-refractivity contribution in [2.24, 2.45) is 0 Å². The van der Waals surface area contributed by atoms with Crippen molar-refractivity contribution in [2.45, 2.75) is 24.2 Å². The van der Waals surface area contributed by atoms with Crippen LogP contribution in [0, 0.1) is 0 Å². The standard InChI is InChI=1S/C15H23N3O4S/c1-16-8-7-15(19)17-12-5-6-14(13(11-12)22-2)23(20,21)18-9-3-4-10-18/h5-6,11,16H,3-4,7-10H2,1-2H3,(H,17,19). The molecule has 1 aromatic rings. The lowest BCUT2D eigenvalue weighted by Gasteiger charge is -2.18. The van der Waals surface area contributed by atoms with Crippen LogP contribution < -0.4 is 15.4 Å². The second kappa shape index (κ2) is 7.76. The number of hydrogen-bond acceptors (Lipinski definition) is 5. The number of carbonyl (C=O) groups excluding carboxylic acids is 1. The van der Waals surface area contributed by atoms with Gasteiger partial charge in [-0.05, 0) is 32.0 Å². The van der Waals surface area contributed by atoms with Crippen LogP contribution in [0.15, 0.2) is 23.1 Å². The van der Waals surface area contributed by atoms with Gasteiger partial charge in [0.1, 0.15) is 10.6 Å². The SMILES string of the molecule is CNCCC(=O)Nc1ccc(S(=O)(=O)N2CCCC2)c(OC)c1. The molecular weight excluding hydrogens is 318 g/mol. The van der Waals surface area contributed by atoms with E-state index in [-0.39, 0.29) is 16.6 Å². The molecule has 1 saturated heterocycles. The van der Waals surface area contributed by atoms with Crippen molar-refractivity contribution < 1.29 is 17.9 Å². The summed E-state index contributed by atoms with van der Waals surface area (Å²) in [5.41, 5.74) is 0.517. The molecule has 1 heterocycles. The Labute approximate surface area is 137 Å². The van der Waals surface area contributed by atoms with Gasteiger partial charge in [0.25, 0.3) is 0 Å². The molecule has 0 aliphatic carbocycles. The topological polar surface area (TPSA) is 87.7 Å². The third-order valence-electron chi connectivity index (χ3n) is 3.73. The summed E-state index contributed by atoms with van der Waals surface area (Å²) in [7, 11) is -0.362. The van der Waals surface area contributed by atoms with E-state index < -0.39 is 10.0 Å². The van der Waals surface area contributed by atoms with Gasteiger partial charge in [0.15, 0.2) is 0 Å². The van der Waals surface area contributed by atoms with Gasteiger partial charge in [-0.3, -0.25) is 4.79 Å². The maximum atomic E-state index is 12.6. The molecule has 2 N–H and O–H groups in total. The lowest BCUT2D eigenvalue weighted by Crippen LogP contribution is -2.28. The summed E-state index contributed by atoms with van der Waals surface area (Å²) in [5, 5.41) is 5.63. The van der Waals surface area contributed by atoms with E-state index in [2.05, 4.69) is 10.6 Å². The number of amides is 1. The van der Waals surface area contributed by atoms with E-state index in [4.69, 9.17) is 4.74 Å². The van der Waals surface area contributed by atoms with E-state index >= 15 is 0 Å². The molecule has 1 amide bonds. The van der Waals surface area contributed by atoms with Gasteiger partial charge in [-0.2, -0.15) is 4.31 Å². The predicted octanol–water partition coefficient (Wildman–Crippen LogP) is 1.03. The highest BCUT2D eigenvalue weighted by molar-refractivity contribution is 7.89. The van der Waals surface area contributed by atoms with Crippen LogP contribution in [-0.4, -0.2) is 52.4 Å². The van der Waals surface area contributed by atoms with E-state index in [1.54, 1.807) is 19.2 Å². The molecule has 1 fully saturated rings. The van der Waals surface area contributed by atoms with Crippen LogP contribution in [0.1, 0.15) is 19.3 Å². The summed E-state index contributed by atoms with van der Waals surface area (Å²) >= 11 is 0. The zero-order valence-corrected chi connectivity index (χ0v) is 14.3. The van der Waals surface area contributed by atoms with E-state index in [0.29, 0.717) is 31.7 Å². The highest BCUT2D eigenvalue weighted by atomic mass is 32.2. The van der Waals surface area contributed by atoms with Gasteiger partial charge in [0.2, 0.25) is 15.9 Å². The highest BCUT2D eigenvalue weighted by Gasteiger charge is 2.30. The second-order valence-electron chi connectivity index (χ2n) is 5.38. The fraction of sp³-hybridized carbons (Fsp3) is 0.533. The van der Waals surface area contributed by atoms with Crippen LogP contribution in [0.2, 0.25) is 0 Å². The summed E-state index contributed by atoms with van der Waals surface area (Å²) in [4.78, 5) is 11.9. The molecule has 23 heavy (non-hydrogen) atoms. The van der Waals surface area contributed by atoms with Crippen LogP contribution in [0.5, 0.6) is 5.75 Å². The molecule has 1 aliphatic heterocycles. The highest BCUT2D eigenvalue weighted by Crippen LogP contribution is 2.31. The largest absolute Gasteiger partial charge is 0.495 e. The summed E-state index contributed by atoms with van der Waals surface area (Å²) < 4.78 is 32.0. The van der Waals surface area contributed by atoms with Crippen LogP contribution >= 0.6 is 0 Å². The predicted molar refractivity (Wildman–Crippen MR) is 88.2 cm³/mol. The smallest absolute Gasteiger partial charge is 0.246 e. The molecule has 0 saturated carbocycles. The number of anilines is 1. The van der Waals surface area contributed by atoms with Gasteiger partial charge in [-0.1, -0.05) is 0 Å². The Kier molecular flexibility index (Phi) is 5.97. The first kappa shape index (κ1) is 17.7. The molecular formula is C15H23N3O4S. The van der Waals surface area contributed by atoms with E-state index in [0.717, 1.165) is 12.8 Å². The minimum atomic E-state index is -3.56. The normalized spacial score (nSPS) is 15.6. The zero-order valence-electron chi connectivity index (χ0n) is 13.5. The number of sulfonamides is 1. The van der Waals surface area contributed by atoms with E-state index in [1.165, 1.54) is 17.5 Å². The first-order valence-electron chi connectivity index (χ1n) is 7.61. The first-order chi connectivity index (χ1) is 11.0. The van der Waals surface area contributed by atoms with E-state index in [9.17, 15) is 13.2 Å². The Morgan fingerprint density at radius 2 is 2.00 bits per heavy atom. The monoisotopic (exact) mass is 341 g/mol. The molecule has 128 valence electrons. The van der Waals surface area contributed by atoms with Gasteiger partial charge in [0, 0.05) is 37.8 Å². The number of benzene rings is 1. The molecule has 7 nitrogen and oxygen atoms in total. The average Bonchev–Trinajstić information content (AvgIpc) is 3.07. The van der Waals surface area contributed by atoms with Crippen LogP contribution in [0.3, 0.4) is 0 Å². The average molecular weight is 341 g/mol. The zero-order chi connectivity index (χ0) is 16.9. The molecule has 1 aliphatic rings. The Bertz CT molecular complexity index is 655. The van der Waals surface area contributed by atoms with Crippen LogP contribution in [-0.2, 0) is 14.8 Å². The maximum absolute atomic E-state index is 12.6. The molecule has 2 rings (SSSR count). The number of methoxy groups -OCH3 is 1. The van der Waals surface area contributed by atoms with Crippen molar-refractivity contribution in [3.63, 3.8) is 0 Å². The van der Waals surface area contributed by atoms with Gasteiger partial charge < -0.3 is 15.4 Å². The Morgan fingerprint density at radius 3 is 2.61 bits per heavy atom. The quantitative estimate of drug-likeness (QED) is 0.773. The Morgan fingerprint density at radius 1 is 1.30 bits per heavy atom. The fourth-order valence-corrected chi connectivity index (χ4v) is 4.14. The van der Waals surface area contributed by atoms with Crippen molar-refractivity contribution in [1.29, 1.82) is 0 Å². The summed E-state index contributed by atoms with van der Waals surface area (Å²) in [5.74, 6) is 0.0971. The van der Waals surface area contributed by atoms with Gasteiger partial charge in [-0.15, -0.1) is 0 Å². The first-order valence-corrected chi connectivity index (χ1v) is 9.05. The van der Waals surface area contributed by atoms with Crippen molar-refractivity contribution in [1.82, 2.24) is 9.62 Å². The molecule has 0 aromatic heterocycles. The molecule has 0 unspecified atom stereocenters. The van der Waals surface area contributed by atoms with Crippen molar-refractivity contribution in [3.8, 4) is 5.75 Å². The van der Waals surface area contributed by atoms with Gasteiger partial charge >= 0.3 is 0 Å². The summed E-state index contributed by atoms with van der Waals surface area (Å²) in [6, 6.07) is 4.61. The van der Waals surface area contributed by atoms with Crippen LogP contribution in [0.25, 0.3) is 0 Å².